The highest BCUT2D eigenvalue weighted by atomic mass is 32.1. The Morgan fingerprint density at radius 1 is 1.17 bits per heavy atom. The molecular formula is C20H18F4N2O3S. The van der Waals surface area contributed by atoms with Gasteiger partial charge in [-0.15, -0.1) is 0 Å². The molecule has 0 radical (unpaired) electrons. The van der Waals surface area contributed by atoms with Gasteiger partial charge in [-0.1, -0.05) is 36.4 Å². The molecule has 3 atom stereocenters. The van der Waals surface area contributed by atoms with Crippen LogP contribution in [0.25, 0.3) is 0 Å². The molecule has 2 aromatic carbocycles. The van der Waals surface area contributed by atoms with E-state index in [1.54, 1.807) is 18.2 Å². The van der Waals surface area contributed by atoms with Crippen LogP contribution >= 0.6 is 12.2 Å². The van der Waals surface area contributed by atoms with E-state index in [1.807, 2.05) is 0 Å². The van der Waals surface area contributed by atoms with Crippen LogP contribution in [-0.2, 0) is 10.3 Å². The first kappa shape index (κ1) is 22.1. The van der Waals surface area contributed by atoms with Crippen LogP contribution < -0.4 is 10.6 Å². The van der Waals surface area contributed by atoms with Crippen molar-refractivity contribution in [1.82, 2.24) is 10.6 Å². The van der Waals surface area contributed by atoms with Crippen molar-refractivity contribution < 1.29 is 32.2 Å². The van der Waals surface area contributed by atoms with E-state index in [0.29, 0.717) is 0 Å². The van der Waals surface area contributed by atoms with E-state index in [0.717, 1.165) is 6.07 Å². The molecule has 5 nitrogen and oxygen atoms in total. The Morgan fingerprint density at radius 2 is 1.80 bits per heavy atom. The zero-order chi connectivity index (χ0) is 21.9. The van der Waals surface area contributed by atoms with Crippen molar-refractivity contribution in [2.24, 2.45) is 5.92 Å². The summed E-state index contributed by atoms with van der Waals surface area (Å²) in [4.78, 5) is 12.3. The number of alkyl halides is 3. The molecule has 0 aromatic heterocycles. The van der Waals surface area contributed by atoms with E-state index in [-0.39, 0.29) is 16.2 Å². The zero-order valence-electron chi connectivity index (χ0n) is 15.4. The molecule has 1 amide bonds. The number of ether oxygens (including phenoxy) is 1. The van der Waals surface area contributed by atoms with Crippen molar-refractivity contribution in [3.63, 3.8) is 0 Å². The molecule has 0 bridgehead atoms. The Hall–Kier alpha value is -2.56. The summed E-state index contributed by atoms with van der Waals surface area (Å²) < 4.78 is 60.0. The second-order valence-corrected chi connectivity index (χ2v) is 7.20. The molecule has 10 heteroatoms. The molecule has 1 saturated heterocycles. The summed E-state index contributed by atoms with van der Waals surface area (Å²) in [5.74, 6) is -3.00. The first-order valence-electron chi connectivity index (χ1n) is 8.92. The van der Waals surface area contributed by atoms with Crippen LogP contribution in [-0.4, -0.2) is 41.6 Å². The molecule has 0 spiro atoms. The molecule has 2 unspecified atom stereocenters. The number of carbonyl (C=O) groups excluding carboxylic acids is 1. The smallest absolute Gasteiger partial charge is 0.396 e. The minimum absolute atomic E-state index is 0.160. The summed E-state index contributed by atoms with van der Waals surface area (Å²) in [6.45, 7) is -1.58. The maximum atomic E-state index is 14.6. The first-order valence-corrected chi connectivity index (χ1v) is 9.32. The number of carbonyl (C=O) groups is 1. The minimum atomic E-state index is -4.79. The van der Waals surface area contributed by atoms with Crippen LogP contribution in [0.1, 0.15) is 15.9 Å². The molecule has 0 saturated carbocycles. The molecule has 3 rings (SSSR count). The van der Waals surface area contributed by atoms with Gasteiger partial charge < -0.3 is 15.2 Å². The summed E-state index contributed by atoms with van der Waals surface area (Å²) in [5.41, 5.74) is -1.73. The predicted octanol–water partition coefficient (Wildman–Crippen LogP) is 2.90. The Morgan fingerprint density at radius 3 is 2.40 bits per heavy atom. The lowest BCUT2D eigenvalue weighted by Crippen LogP contribution is -2.57. The number of hydrogen-bond donors (Lipinski definition) is 3. The van der Waals surface area contributed by atoms with Gasteiger partial charge in [0.2, 0.25) is 0 Å². The molecule has 0 aliphatic carbocycles. The molecular weight excluding hydrogens is 424 g/mol. The van der Waals surface area contributed by atoms with E-state index < -0.39 is 48.7 Å². The zero-order valence-corrected chi connectivity index (χ0v) is 16.3. The summed E-state index contributed by atoms with van der Waals surface area (Å²) in [5, 5.41) is 14.5. The van der Waals surface area contributed by atoms with Gasteiger partial charge >= 0.3 is 6.18 Å². The van der Waals surface area contributed by atoms with E-state index >= 15 is 0 Å². The molecule has 30 heavy (non-hydrogen) atoms. The fraction of sp³-hybridized carbons (Fsp3) is 0.300. The second-order valence-electron chi connectivity index (χ2n) is 6.79. The quantitative estimate of drug-likeness (QED) is 0.502. The number of halogens is 4. The van der Waals surface area contributed by atoms with Gasteiger partial charge in [0.15, 0.2) is 11.2 Å². The van der Waals surface area contributed by atoms with Crippen LogP contribution in [0.15, 0.2) is 54.6 Å². The molecule has 1 aliphatic heterocycles. The fourth-order valence-corrected chi connectivity index (χ4v) is 3.85. The number of thiocarbonyl (C=S) groups is 1. The van der Waals surface area contributed by atoms with Crippen LogP contribution in [0.4, 0.5) is 17.6 Å². The number of nitrogens with one attached hydrogen (secondary N) is 2. The maximum Gasteiger partial charge on any atom is 0.415 e. The van der Waals surface area contributed by atoms with Crippen molar-refractivity contribution in [3.8, 4) is 0 Å². The van der Waals surface area contributed by atoms with E-state index in [9.17, 15) is 27.5 Å². The van der Waals surface area contributed by atoms with Crippen molar-refractivity contribution >= 4 is 23.2 Å². The highest BCUT2D eigenvalue weighted by Gasteiger charge is 2.60. The highest BCUT2D eigenvalue weighted by molar-refractivity contribution is 7.80. The van der Waals surface area contributed by atoms with Gasteiger partial charge in [0.25, 0.3) is 5.91 Å². The van der Waals surface area contributed by atoms with Crippen LogP contribution in [0, 0.1) is 11.7 Å². The lowest BCUT2D eigenvalue weighted by Gasteiger charge is -2.37. The SMILES string of the molecule is O=C(NC(=S)NC1(c2ccccc2F)CO[C@H](C(F)(F)F)C1CO)c1ccccc1. The summed E-state index contributed by atoms with van der Waals surface area (Å²) in [6.07, 6.45) is -7.14. The Labute approximate surface area is 175 Å². The second kappa shape index (κ2) is 8.66. The summed E-state index contributed by atoms with van der Waals surface area (Å²) in [6, 6.07) is 13.2. The normalized spacial score (nSPS) is 23.8. The predicted molar refractivity (Wildman–Crippen MR) is 104 cm³/mol. The van der Waals surface area contributed by atoms with Gasteiger partial charge in [-0.25, -0.2) is 4.39 Å². The molecule has 1 heterocycles. The number of hydrogen-bond acceptors (Lipinski definition) is 4. The number of aliphatic hydroxyl groups is 1. The molecule has 2 aromatic rings. The van der Waals surface area contributed by atoms with Gasteiger partial charge in [-0.3, -0.25) is 10.1 Å². The Bertz CT molecular complexity index is 926. The van der Waals surface area contributed by atoms with Gasteiger partial charge in [-0.2, -0.15) is 13.2 Å². The maximum absolute atomic E-state index is 14.6. The monoisotopic (exact) mass is 442 g/mol. The first-order chi connectivity index (χ1) is 14.2. The van der Waals surface area contributed by atoms with Crippen LogP contribution in [0.5, 0.6) is 0 Å². The van der Waals surface area contributed by atoms with E-state index in [2.05, 4.69) is 10.6 Å². The third kappa shape index (κ3) is 4.30. The van der Waals surface area contributed by atoms with E-state index in [1.165, 1.54) is 30.3 Å². The van der Waals surface area contributed by atoms with Crippen molar-refractivity contribution in [3.05, 3.63) is 71.5 Å². The summed E-state index contributed by atoms with van der Waals surface area (Å²) >= 11 is 5.13. The third-order valence-corrected chi connectivity index (χ3v) is 5.17. The Kier molecular flexibility index (Phi) is 6.39. The van der Waals surface area contributed by atoms with Gasteiger partial charge in [0.05, 0.1) is 18.8 Å². The van der Waals surface area contributed by atoms with Crippen molar-refractivity contribution in [2.45, 2.75) is 17.8 Å². The third-order valence-electron chi connectivity index (χ3n) is 4.96. The molecule has 160 valence electrons. The minimum Gasteiger partial charge on any atom is -0.396 e. The summed E-state index contributed by atoms with van der Waals surface area (Å²) in [7, 11) is 0. The topological polar surface area (TPSA) is 70.6 Å². The highest BCUT2D eigenvalue weighted by Crippen LogP contribution is 2.45. The largest absolute Gasteiger partial charge is 0.415 e. The van der Waals surface area contributed by atoms with Crippen LogP contribution in [0.3, 0.4) is 0 Å². The molecule has 1 fully saturated rings. The standard InChI is InChI=1S/C20H18F4N2O3S/c21-15-9-5-4-8-13(15)19(11-29-16(14(19)10-27)20(22,23)24)26-18(30)25-17(28)12-6-2-1-3-7-12/h1-9,14,16,27H,10-11H2,(H2,25,26,28,30)/t14?,16-,19?/m0/s1. The molecule has 1 aliphatic rings. The number of rotatable bonds is 4. The average molecular weight is 442 g/mol. The fourth-order valence-electron chi connectivity index (χ4n) is 3.57. The lowest BCUT2D eigenvalue weighted by molar-refractivity contribution is -0.219. The van der Waals surface area contributed by atoms with Crippen molar-refractivity contribution in [2.75, 3.05) is 13.2 Å². The molecule has 3 N–H and O–H groups in total. The van der Waals surface area contributed by atoms with Crippen molar-refractivity contribution in [1.29, 1.82) is 0 Å². The lowest BCUT2D eigenvalue weighted by atomic mass is 9.77. The van der Waals surface area contributed by atoms with Gasteiger partial charge in [0, 0.05) is 17.0 Å². The van der Waals surface area contributed by atoms with Gasteiger partial charge in [0.1, 0.15) is 5.82 Å². The number of aliphatic hydroxyl groups excluding tert-OH is 1. The Balaban J connectivity index is 1.94. The van der Waals surface area contributed by atoms with E-state index in [4.69, 9.17) is 17.0 Å². The number of benzene rings is 2. The van der Waals surface area contributed by atoms with Crippen LogP contribution in [0.2, 0.25) is 0 Å². The number of amides is 1. The average Bonchev–Trinajstić information content (AvgIpc) is 3.08. The van der Waals surface area contributed by atoms with Gasteiger partial charge in [-0.05, 0) is 30.4 Å².